The summed E-state index contributed by atoms with van der Waals surface area (Å²) in [5, 5.41) is 19.0. The Hall–Kier alpha value is -3.02. The van der Waals surface area contributed by atoms with Crippen molar-refractivity contribution in [2.24, 2.45) is 10.2 Å². The molecule has 4 rings (SSSR count). The van der Waals surface area contributed by atoms with Crippen LogP contribution in [0.4, 0.5) is 0 Å². The van der Waals surface area contributed by atoms with Crippen LogP contribution in [0.2, 0.25) is 0 Å². The van der Waals surface area contributed by atoms with E-state index in [2.05, 4.69) is 15.2 Å². The zero-order valence-electron chi connectivity index (χ0n) is 11.4. The zero-order chi connectivity index (χ0) is 15.1. The number of pyridine rings is 1. The van der Waals surface area contributed by atoms with Crippen LogP contribution in [0, 0.1) is 0 Å². The van der Waals surface area contributed by atoms with Crippen molar-refractivity contribution in [3.63, 3.8) is 0 Å². The van der Waals surface area contributed by atoms with Crippen LogP contribution in [0.15, 0.2) is 68.2 Å². The highest BCUT2D eigenvalue weighted by Gasteiger charge is 2.37. The van der Waals surface area contributed by atoms with Gasteiger partial charge in [-0.25, -0.2) is 4.79 Å². The van der Waals surface area contributed by atoms with E-state index in [9.17, 15) is 9.90 Å². The van der Waals surface area contributed by atoms with Gasteiger partial charge in [-0.3, -0.25) is 4.98 Å². The number of nitrogens with zero attached hydrogens (tertiary/aromatic N) is 3. The average Bonchev–Trinajstić information content (AvgIpc) is 2.51. The molecule has 1 aromatic carbocycles. The van der Waals surface area contributed by atoms with Gasteiger partial charge in [0, 0.05) is 12.4 Å². The number of rotatable bonds is 2. The summed E-state index contributed by atoms with van der Waals surface area (Å²) in [5.41, 5.74) is 0.744. The number of para-hydroxylation sites is 1. The predicted octanol–water partition coefficient (Wildman–Crippen LogP) is 3.14. The lowest BCUT2D eigenvalue weighted by Gasteiger charge is -2.26. The van der Waals surface area contributed by atoms with Crippen LogP contribution in [-0.2, 0) is 0 Å². The third-order valence-corrected chi connectivity index (χ3v) is 3.76. The number of hydrogen-bond donors (Lipinski definition) is 1. The topological polar surface area (TPSA) is 88.0 Å². The summed E-state index contributed by atoms with van der Waals surface area (Å²) in [6.45, 7) is 0. The number of hydrogen-bond acceptors (Lipinski definition) is 6. The Bertz CT molecular complexity index is 934. The molecule has 0 saturated heterocycles. The van der Waals surface area contributed by atoms with E-state index in [-0.39, 0.29) is 17.4 Å². The first-order valence-corrected chi connectivity index (χ1v) is 6.80. The molecular weight excluding hydrogens is 282 g/mol. The molecule has 1 N–H and O–H groups in total. The van der Waals surface area contributed by atoms with Gasteiger partial charge >= 0.3 is 5.63 Å². The van der Waals surface area contributed by atoms with Gasteiger partial charge in [-0.2, -0.15) is 10.2 Å². The van der Waals surface area contributed by atoms with E-state index in [1.165, 1.54) is 0 Å². The van der Waals surface area contributed by atoms with E-state index in [0.29, 0.717) is 11.0 Å². The van der Waals surface area contributed by atoms with Gasteiger partial charge in [0.2, 0.25) is 0 Å². The highest BCUT2D eigenvalue weighted by Crippen LogP contribution is 2.45. The molecule has 6 heteroatoms. The summed E-state index contributed by atoms with van der Waals surface area (Å²) in [6.07, 6.45) is 3.34. The summed E-state index contributed by atoms with van der Waals surface area (Å²) >= 11 is 0. The third-order valence-electron chi connectivity index (χ3n) is 3.76. The molecule has 2 aromatic heterocycles. The lowest BCUT2D eigenvalue weighted by molar-refractivity contribution is 0.380. The summed E-state index contributed by atoms with van der Waals surface area (Å²) in [7, 11) is 0. The van der Waals surface area contributed by atoms with Crippen molar-refractivity contribution >= 4 is 11.0 Å². The Balaban J connectivity index is 1.86. The van der Waals surface area contributed by atoms with Crippen molar-refractivity contribution in [2.45, 2.75) is 12.1 Å². The van der Waals surface area contributed by atoms with Gasteiger partial charge in [-0.05, 0) is 23.8 Å². The molecule has 0 radical (unpaired) electrons. The highest BCUT2D eigenvalue weighted by atomic mass is 16.4. The maximum atomic E-state index is 12.2. The normalized spacial score (nSPS) is 20.0. The second-order valence-electron chi connectivity index (χ2n) is 5.05. The molecule has 1 aliphatic heterocycles. The lowest BCUT2D eigenvalue weighted by atomic mass is 9.93. The minimum atomic E-state index is -0.589. The Labute approximate surface area is 124 Å². The van der Waals surface area contributed by atoms with Crippen LogP contribution in [0.5, 0.6) is 5.75 Å². The fraction of sp³-hybridized carbons (Fsp3) is 0.125. The molecule has 3 aromatic rings. The molecule has 3 heterocycles. The van der Waals surface area contributed by atoms with Gasteiger partial charge in [0.15, 0.2) is 0 Å². The Morgan fingerprint density at radius 3 is 2.59 bits per heavy atom. The maximum absolute atomic E-state index is 12.2. The van der Waals surface area contributed by atoms with E-state index < -0.39 is 11.7 Å². The van der Waals surface area contributed by atoms with Crippen LogP contribution >= 0.6 is 0 Å². The Morgan fingerprint density at radius 1 is 1.05 bits per heavy atom. The van der Waals surface area contributed by atoms with Crippen molar-refractivity contribution in [3.05, 3.63) is 70.3 Å². The minimum absolute atomic E-state index is 0.0932. The van der Waals surface area contributed by atoms with Crippen molar-refractivity contribution < 1.29 is 9.52 Å². The number of benzene rings is 1. The van der Waals surface area contributed by atoms with E-state index >= 15 is 0 Å². The second-order valence-corrected chi connectivity index (χ2v) is 5.05. The smallest absolute Gasteiger partial charge is 0.345 e. The molecule has 0 bridgehead atoms. The average molecular weight is 293 g/mol. The largest absolute Gasteiger partial charge is 0.507 e. The van der Waals surface area contributed by atoms with Gasteiger partial charge in [0.05, 0.1) is 5.39 Å². The van der Waals surface area contributed by atoms with Crippen LogP contribution in [0.25, 0.3) is 11.0 Å². The minimum Gasteiger partial charge on any atom is -0.507 e. The first kappa shape index (κ1) is 12.7. The van der Waals surface area contributed by atoms with Crippen molar-refractivity contribution in [1.29, 1.82) is 0 Å². The summed E-state index contributed by atoms with van der Waals surface area (Å²) in [5.74, 6) is -0.0932. The molecule has 1 aliphatic rings. The molecule has 22 heavy (non-hydrogen) atoms. The molecule has 0 spiro atoms. The van der Waals surface area contributed by atoms with Gasteiger partial charge in [0.1, 0.15) is 29.0 Å². The SMILES string of the molecule is O=c1oc2ccccc2c(O)c1C1N=NC1c1cccnc1. The van der Waals surface area contributed by atoms with Crippen LogP contribution < -0.4 is 5.63 Å². The number of fused-ring (bicyclic) bond motifs is 1. The van der Waals surface area contributed by atoms with E-state index in [0.717, 1.165) is 5.56 Å². The highest BCUT2D eigenvalue weighted by molar-refractivity contribution is 5.84. The standard InChI is InChI=1S/C16H11N3O3/c20-15-10-5-1-2-6-11(10)22-16(21)12(15)14-13(18-19-14)9-4-3-7-17-8-9/h1-8,13-14,20H. The monoisotopic (exact) mass is 293 g/mol. The first-order chi connectivity index (χ1) is 10.8. The number of aromatic hydroxyl groups is 1. The molecule has 108 valence electrons. The van der Waals surface area contributed by atoms with Crippen molar-refractivity contribution in [1.82, 2.24) is 4.98 Å². The number of aromatic nitrogens is 1. The van der Waals surface area contributed by atoms with Gasteiger partial charge in [-0.1, -0.05) is 18.2 Å². The van der Waals surface area contributed by atoms with E-state index in [4.69, 9.17) is 4.42 Å². The van der Waals surface area contributed by atoms with Crippen molar-refractivity contribution in [2.75, 3.05) is 0 Å². The van der Waals surface area contributed by atoms with E-state index in [1.54, 1.807) is 42.7 Å². The Kier molecular flexibility index (Phi) is 2.75. The summed E-state index contributed by atoms with van der Waals surface area (Å²) in [6, 6.07) is 9.63. The molecule has 0 fully saturated rings. The van der Waals surface area contributed by atoms with Crippen LogP contribution in [0.1, 0.15) is 23.2 Å². The van der Waals surface area contributed by atoms with E-state index in [1.807, 2.05) is 6.07 Å². The molecule has 6 nitrogen and oxygen atoms in total. The maximum Gasteiger partial charge on any atom is 0.345 e. The zero-order valence-corrected chi connectivity index (χ0v) is 11.4. The van der Waals surface area contributed by atoms with Crippen molar-refractivity contribution in [3.8, 4) is 5.75 Å². The van der Waals surface area contributed by atoms with Gasteiger partial charge in [0.25, 0.3) is 0 Å². The quantitative estimate of drug-likeness (QED) is 0.735. The molecule has 0 saturated carbocycles. The number of azo groups is 1. The fourth-order valence-corrected chi connectivity index (χ4v) is 2.62. The Morgan fingerprint density at radius 2 is 1.86 bits per heavy atom. The first-order valence-electron chi connectivity index (χ1n) is 6.80. The molecule has 0 amide bonds. The lowest BCUT2D eigenvalue weighted by Crippen LogP contribution is -2.21. The van der Waals surface area contributed by atoms with Gasteiger partial charge < -0.3 is 9.52 Å². The molecule has 2 unspecified atom stereocenters. The van der Waals surface area contributed by atoms with Crippen LogP contribution in [-0.4, -0.2) is 10.1 Å². The second kappa shape index (κ2) is 4.77. The molecule has 2 atom stereocenters. The van der Waals surface area contributed by atoms with Crippen LogP contribution in [0.3, 0.4) is 0 Å². The van der Waals surface area contributed by atoms with Gasteiger partial charge in [-0.15, -0.1) is 0 Å². The summed E-state index contributed by atoms with van der Waals surface area (Å²) in [4.78, 5) is 16.3. The third kappa shape index (κ3) is 1.81. The predicted molar refractivity (Wildman–Crippen MR) is 78.7 cm³/mol. The summed E-state index contributed by atoms with van der Waals surface area (Å²) < 4.78 is 5.28. The fourth-order valence-electron chi connectivity index (χ4n) is 2.62. The molecular formula is C16H11N3O3. The molecule has 0 aliphatic carbocycles.